The molecule has 98 valence electrons. The van der Waals surface area contributed by atoms with Crippen molar-refractivity contribution in [1.82, 2.24) is 10.3 Å². The number of nitrogens with one attached hydrogen (secondary N) is 1. The molecule has 1 saturated heterocycles. The molecule has 2 heterocycles. The Morgan fingerprint density at radius 2 is 2.44 bits per heavy atom. The molecule has 0 spiro atoms. The van der Waals surface area contributed by atoms with E-state index in [1.807, 2.05) is 6.92 Å². The third-order valence-electron chi connectivity index (χ3n) is 2.69. The van der Waals surface area contributed by atoms with Crippen LogP contribution in [0.1, 0.15) is 17.4 Å². The second-order valence-electron chi connectivity index (χ2n) is 3.97. The summed E-state index contributed by atoms with van der Waals surface area (Å²) in [6.45, 7) is 3.48. The molecule has 1 aliphatic rings. The largest absolute Gasteiger partial charge is 0.376 e. The van der Waals surface area contributed by atoms with E-state index in [0.29, 0.717) is 30.5 Å². The van der Waals surface area contributed by atoms with E-state index < -0.39 is 0 Å². The van der Waals surface area contributed by atoms with Crippen molar-refractivity contribution in [1.29, 1.82) is 0 Å². The van der Waals surface area contributed by atoms with E-state index in [0.717, 1.165) is 0 Å². The molecule has 1 amide bonds. The number of pyridine rings is 1. The monoisotopic (exact) mass is 270 g/mol. The van der Waals surface area contributed by atoms with Crippen LogP contribution in [-0.4, -0.2) is 42.9 Å². The first-order valence-corrected chi connectivity index (χ1v) is 6.20. The Morgan fingerprint density at radius 3 is 3.11 bits per heavy atom. The second kappa shape index (κ2) is 6.13. The topological polar surface area (TPSA) is 60.5 Å². The molecule has 5 nitrogen and oxygen atoms in total. The maximum Gasteiger partial charge on any atom is 0.270 e. The van der Waals surface area contributed by atoms with E-state index >= 15 is 0 Å². The maximum absolute atomic E-state index is 11.9. The van der Waals surface area contributed by atoms with E-state index in [-0.39, 0.29) is 18.1 Å². The van der Waals surface area contributed by atoms with Gasteiger partial charge >= 0.3 is 0 Å². The Bertz CT molecular complexity index is 410. The lowest BCUT2D eigenvalue weighted by Gasteiger charge is -2.18. The van der Waals surface area contributed by atoms with E-state index in [2.05, 4.69) is 10.3 Å². The number of amides is 1. The first-order valence-electron chi connectivity index (χ1n) is 5.82. The quantitative estimate of drug-likeness (QED) is 0.895. The van der Waals surface area contributed by atoms with Gasteiger partial charge in [-0.05, 0) is 19.1 Å². The van der Waals surface area contributed by atoms with Crippen molar-refractivity contribution >= 4 is 17.5 Å². The van der Waals surface area contributed by atoms with Crippen LogP contribution in [0.15, 0.2) is 18.3 Å². The fourth-order valence-corrected chi connectivity index (χ4v) is 1.91. The van der Waals surface area contributed by atoms with E-state index in [4.69, 9.17) is 21.1 Å². The van der Waals surface area contributed by atoms with Gasteiger partial charge in [-0.15, -0.1) is 0 Å². The summed E-state index contributed by atoms with van der Waals surface area (Å²) >= 11 is 5.72. The van der Waals surface area contributed by atoms with Crippen molar-refractivity contribution in [2.45, 2.75) is 19.1 Å². The zero-order valence-electron chi connectivity index (χ0n) is 10.1. The number of halogens is 1. The SMILES string of the molecule is CCO[C@H]1COC[C@@H]1NC(=O)c1ccc(Cl)cn1. The highest BCUT2D eigenvalue weighted by atomic mass is 35.5. The van der Waals surface area contributed by atoms with Crippen LogP contribution in [0.4, 0.5) is 0 Å². The summed E-state index contributed by atoms with van der Waals surface area (Å²) < 4.78 is 10.8. The summed E-state index contributed by atoms with van der Waals surface area (Å²) in [6.07, 6.45) is 1.35. The molecule has 0 aliphatic carbocycles. The van der Waals surface area contributed by atoms with Gasteiger partial charge in [-0.3, -0.25) is 4.79 Å². The highest BCUT2D eigenvalue weighted by Gasteiger charge is 2.30. The van der Waals surface area contributed by atoms with Crippen LogP contribution in [0, 0.1) is 0 Å². The molecule has 0 saturated carbocycles. The molecule has 0 unspecified atom stereocenters. The molecule has 1 aromatic heterocycles. The number of rotatable bonds is 4. The molecule has 1 aromatic rings. The van der Waals surface area contributed by atoms with Gasteiger partial charge in [-0.2, -0.15) is 0 Å². The number of hydrogen-bond acceptors (Lipinski definition) is 4. The molecule has 18 heavy (non-hydrogen) atoms. The average Bonchev–Trinajstić information content (AvgIpc) is 2.78. The standard InChI is InChI=1S/C12H15ClN2O3/c1-2-18-11-7-17-6-10(11)15-12(16)9-4-3-8(13)5-14-9/h3-5,10-11H,2,6-7H2,1H3,(H,15,16)/t10-,11-/m0/s1. The lowest BCUT2D eigenvalue weighted by Crippen LogP contribution is -2.44. The van der Waals surface area contributed by atoms with Crippen molar-refractivity contribution in [3.8, 4) is 0 Å². The Morgan fingerprint density at radius 1 is 1.61 bits per heavy atom. The first-order chi connectivity index (χ1) is 8.70. The smallest absolute Gasteiger partial charge is 0.270 e. The molecule has 0 radical (unpaired) electrons. The van der Waals surface area contributed by atoms with Crippen LogP contribution < -0.4 is 5.32 Å². The van der Waals surface area contributed by atoms with Gasteiger partial charge < -0.3 is 14.8 Å². The first kappa shape index (κ1) is 13.3. The fourth-order valence-electron chi connectivity index (χ4n) is 1.80. The van der Waals surface area contributed by atoms with Gasteiger partial charge in [0.1, 0.15) is 11.8 Å². The predicted octanol–water partition coefficient (Wildman–Crippen LogP) is 1.27. The summed E-state index contributed by atoms with van der Waals surface area (Å²) in [5.74, 6) is -0.244. The molecule has 2 rings (SSSR count). The highest BCUT2D eigenvalue weighted by molar-refractivity contribution is 6.30. The minimum absolute atomic E-state index is 0.0914. The van der Waals surface area contributed by atoms with Gasteiger partial charge in [0.25, 0.3) is 5.91 Å². The molecule has 1 fully saturated rings. The van der Waals surface area contributed by atoms with Crippen molar-refractivity contribution in [3.63, 3.8) is 0 Å². The average molecular weight is 271 g/mol. The molecule has 2 atom stereocenters. The summed E-state index contributed by atoms with van der Waals surface area (Å²) in [4.78, 5) is 15.9. The van der Waals surface area contributed by atoms with Crippen molar-refractivity contribution in [2.75, 3.05) is 19.8 Å². The molecule has 0 aromatic carbocycles. The van der Waals surface area contributed by atoms with Gasteiger partial charge in [-0.1, -0.05) is 11.6 Å². The molecule has 6 heteroatoms. The van der Waals surface area contributed by atoms with Gasteiger partial charge in [0, 0.05) is 12.8 Å². The molecule has 0 bridgehead atoms. The summed E-state index contributed by atoms with van der Waals surface area (Å²) in [5.41, 5.74) is 0.335. The Hall–Kier alpha value is -1.17. The zero-order valence-corrected chi connectivity index (χ0v) is 10.8. The Kier molecular flexibility index (Phi) is 4.52. The minimum atomic E-state index is -0.244. The summed E-state index contributed by atoms with van der Waals surface area (Å²) in [6, 6.07) is 3.09. The lowest BCUT2D eigenvalue weighted by molar-refractivity contribution is 0.0402. The number of nitrogens with zero attached hydrogens (tertiary/aromatic N) is 1. The fraction of sp³-hybridized carbons (Fsp3) is 0.500. The number of aromatic nitrogens is 1. The lowest BCUT2D eigenvalue weighted by atomic mass is 10.2. The Balaban J connectivity index is 1.96. The normalized spacial score (nSPS) is 23.0. The van der Waals surface area contributed by atoms with Gasteiger partial charge in [0.15, 0.2) is 0 Å². The van der Waals surface area contributed by atoms with Crippen LogP contribution in [0.5, 0.6) is 0 Å². The van der Waals surface area contributed by atoms with Gasteiger partial charge in [-0.25, -0.2) is 4.98 Å². The highest BCUT2D eigenvalue weighted by Crippen LogP contribution is 2.11. The third kappa shape index (κ3) is 3.19. The van der Waals surface area contributed by atoms with Gasteiger partial charge in [0.2, 0.25) is 0 Å². The van der Waals surface area contributed by atoms with Crippen LogP contribution >= 0.6 is 11.6 Å². The van der Waals surface area contributed by atoms with E-state index in [1.54, 1.807) is 12.1 Å². The molecule has 1 aliphatic heterocycles. The van der Waals surface area contributed by atoms with Crippen LogP contribution in [-0.2, 0) is 9.47 Å². The summed E-state index contributed by atoms with van der Waals surface area (Å²) in [7, 11) is 0. The number of carbonyl (C=O) groups excluding carboxylic acids is 1. The number of ether oxygens (including phenoxy) is 2. The van der Waals surface area contributed by atoms with Crippen LogP contribution in [0.2, 0.25) is 5.02 Å². The van der Waals surface area contributed by atoms with Crippen LogP contribution in [0.3, 0.4) is 0 Å². The van der Waals surface area contributed by atoms with Crippen molar-refractivity contribution in [2.24, 2.45) is 0 Å². The van der Waals surface area contributed by atoms with E-state index in [1.165, 1.54) is 6.20 Å². The summed E-state index contributed by atoms with van der Waals surface area (Å²) in [5, 5.41) is 3.36. The number of hydrogen-bond donors (Lipinski definition) is 1. The molecular formula is C12H15ClN2O3. The van der Waals surface area contributed by atoms with Gasteiger partial charge in [0.05, 0.1) is 24.3 Å². The zero-order chi connectivity index (χ0) is 13.0. The molecule has 1 N–H and O–H groups in total. The maximum atomic E-state index is 11.9. The third-order valence-corrected chi connectivity index (χ3v) is 2.91. The minimum Gasteiger partial charge on any atom is -0.376 e. The second-order valence-corrected chi connectivity index (χ2v) is 4.41. The van der Waals surface area contributed by atoms with Crippen LogP contribution in [0.25, 0.3) is 0 Å². The number of carbonyl (C=O) groups is 1. The van der Waals surface area contributed by atoms with Crippen molar-refractivity contribution < 1.29 is 14.3 Å². The Labute approximate surface area is 110 Å². The van der Waals surface area contributed by atoms with E-state index in [9.17, 15) is 4.79 Å². The molecular weight excluding hydrogens is 256 g/mol. The van der Waals surface area contributed by atoms with Crippen molar-refractivity contribution in [3.05, 3.63) is 29.0 Å². The predicted molar refractivity (Wildman–Crippen MR) is 66.7 cm³/mol.